The Bertz CT molecular complexity index is 6520. The highest BCUT2D eigenvalue weighted by Gasteiger charge is 2.56. The van der Waals surface area contributed by atoms with E-state index in [1.807, 2.05) is 0 Å². The topological polar surface area (TPSA) is 16.3 Å². The lowest BCUT2D eigenvalue weighted by Crippen LogP contribution is -2.60. The first-order valence-corrected chi connectivity index (χ1v) is 41.9. The minimum absolute atomic E-state index is 0.00208. The van der Waals surface area contributed by atoms with E-state index in [1.165, 1.54) is 211 Å². The minimum atomic E-state index is -0.761. The van der Waals surface area contributed by atoms with Crippen molar-refractivity contribution in [1.29, 1.82) is 0 Å². The number of fused-ring (bicyclic) bond motifs is 24. The van der Waals surface area contributed by atoms with E-state index in [0.717, 1.165) is 11.4 Å². The van der Waals surface area contributed by atoms with Gasteiger partial charge in [-0.2, -0.15) is 0 Å². The zero-order valence-electron chi connectivity index (χ0n) is 69.8. The monoisotopic (exact) mass is 1480 g/mol. The van der Waals surface area contributed by atoms with Gasteiger partial charge in [-0.15, -0.1) is 0 Å². The molecule has 560 valence electrons. The fourth-order valence-electron chi connectivity index (χ4n) is 21.3. The zero-order chi connectivity index (χ0) is 79.2. The average Bonchev–Trinajstić information content (AvgIpc) is 1.53. The number of anilines is 6. The standard InChI is InChI=1S/C109H98B2N4/c1-103(2,3)67-41-37-63(38-42-67)65-49-95-99-97(51-65)114-91-47-45-69(105(7,8)9)53-79(91)81-55-71(107(13,14)15)57-89(101(81)114)110(99)87-59-77-75-33-25-27-35-83(75)109(85(77)61-93(87)112(95)73-29-21-19-22-30-73)84-36-28-26-34-76(84)78-60-88-94(62-86(78)109)113(74-31-23-20-24-32-74)96-50-66(64-39-43-68(44-40-64)104(4,5)6)52-98-100(96)111(88)90-58-72(108(16,17)18)56-82-80-54-70(106(10,11)12)46-48-92(80)115(98)102(82)90/h19-62H,1-18H3. The molecule has 6 heterocycles. The van der Waals surface area contributed by atoms with Gasteiger partial charge in [0.2, 0.25) is 0 Å². The van der Waals surface area contributed by atoms with Gasteiger partial charge in [0.15, 0.2) is 0 Å². The van der Waals surface area contributed by atoms with Gasteiger partial charge in [-0.1, -0.05) is 294 Å². The lowest BCUT2D eigenvalue weighted by Gasteiger charge is -2.42. The summed E-state index contributed by atoms with van der Waals surface area (Å²) in [7, 11) is 0. The smallest absolute Gasteiger partial charge is 0.252 e. The molecule has 0 saturated carbocycles. The van der Waals surface area contributed by atoms with Crippen molar-refractivity contribution in [1.82, 2.24) is 9.13 Å². The van der Waals surface area contributed by atoms with Crippen molar-refractivity contribution < 1.29 is 0 Å². The van der Waals surface area contributed by atoms with E-state index in [-0.39, 0.29) is 45.9 Å². The number of aromatic nitrogens is 2. The number of para-hydroxylation sites is 2. The summed E-state index contributed by atoms with van der Waals surface area (Å²) in [5.41, 5.74) is 44.8. The number of rotatable bonds is 4. The molecule has 6 heteroatoms. The molecule has 0 atom stereocenters. The van der Waals surface area contributed by atoms with Crippen molar-refractivity contribution in [3.63, 3.8) is 0 Å². The highest BCUT2D eigenvalue weighted by molar-refractivity contribution is 7.01. The Labute approximate surface area is 679 Å². The molecular weight excluding hydrogens is 1390 g/mol. The number of nitrogens with zero attached hydrogens (tertiary/aromatic N) is 4. The van der Waals surface area contributed by atoms with Crippen LogP contribution in [0.15, 0.2) is 267 Å². The molecule has 6 aliphatic rings. The molecule has 4 nitrogen and oxygen atoms in total. The van der Waals surface area contributed by atoms with Gasteiger partial charge in [-0.3, -0.25) is 0 Å². The van der Waals surface area contributed by atoms with E-state index < -0.39 is 5.41 Å². The first-order chi connectivity index (χ1) is 54.8. The van der Waals surface area contributed by atoms with Crippen LogP contribution in [-0.2, 0) is 37.9 Å². The van der Waals surface area contributed by atoms with E-state index in [9.17, 15) is 0 Å². The molecule has 0 N–H and O–H groups in total. The van der Waals surface area contributed by atoms with Gasteiger partial charge in [-0.05, 0) is 262 Å². The maximum atomic E-state index is 2.72. The van der Waals surface area contributed by atoms with Crippen LogP contribution >= 0.6 is 0 Å². The molecule has 4 aliphatic heterocycles. The molecule has 0 bridgehead atoms. The van der Waals surface area contributed by atoms with Gasteiger partial charge in [0, 0.05) is 78.1 Å². The van der Waals surface area contributed by atoms with Crippen LogP contribution in [-0.4, -0.2) is 22.6 Å². The largest absolute Gasteiger partial charge is 0.311 e. The van der Waals surface area contributed by atoms with E-state index in [2.05, 4.69) is 410 Å². The SMILES string of the molecule is CC(C)(C)c1ccc(-c2cc3c4c(c2)-n2c5ccc(C(C)(C)C)cc5c5cc(C(C)(C)C)cc(c52)B4c2cc4c(cc2N3c2ccccc2)C2(c3ccccc3-4)c3ccccc3-c3cc4c(cc32)N(c2ccccc2)c2cc(-c3ccc(C(C)(C)C)cc3)cc3c2B4c2cc(C(C)(C)C)cc4c5cc(C(C)(C)C)ccc5n-3c24)cc1. The summed E-state index contributed by atoms with van der Waals surface area (Å²) in [4.78, 5) is 5.36. The lowest BCUT2D eigenvalue weighted by molar-refractivity contribution is 0.590. The number of hydrogen-bond donors (Lipinski definition) is 0. The molecule has 0 unspecified atom stereocenters. The van der Waals surface area contributed by atoms with Gasteiger partial charge >= 0.3 is 0 Å². The molecule has 22 rings (SSSR count). The van der Waals surface area contributed by atoms with Crippen molar-refractivity contribution in [3.8, 4) is 55.9 Å². The molecule has 16 aromatic rings. The predicted octanol–water partition coefficient (Wildman–Crippen LogP) is 24.6. The van der Waals surface area contributed by atoms with E-state index >= 15 is 0 Å². The summed E-state index contributed by atoms with van der Waals surface area (Å²) in [6.45, 7) is 42.3. The zero-order valence-corrected chi connectivity index (χ0v) is 69.8. The molecule has 115 heavy (non-hydrogen) atoms. The molecule has 14 aromatic carbocycles. The van der Waals surface area contributed by atoms with Crippen LogP contribution in [0, 0.1) is 0 Å². The van der Waals surface area contributed by atoms with Gasteiger partial charge in [-0.25, -0.2) is 0 Å². The minimum Gasteiger partial charge on any atom is -0.311 e. The predicted molar refractivity (Wildman–Crippen MR) is 493 cm³/mol. The first-order valence-electron chi connectivity index (χ1n) is 41.9. The third-order valence-electron chi connectivity index (χ3n) is 27.4. The lowest BCUT2D eigenvalue weighted by atomic mass is 9.33. The summed E-state index contributed by atoms with van der Waals surface area (Å²) in [6, 6.07) is 107. The Morgan fingerprint density at radius 3 is 0.930 bits per heavy atom. The Kier molecular flexibility index (Phi) is 14.2. The van der Waals surface area contributed by atoms with Crippen LogP contribution in [0.5, 0.6) is 0 Å². The molecular formula is C109H98B2N4. The normalized spacial score (nSPS) is 14.7. The fraction of sp³-hybridized carbons (Fsp3) is 0.229. The molecule has 0 saturated heterocycles. The van der Waals surface area contributed by atoms with Gasteiger partial charge < -0.3 is 18.9 Å². The van der Waals surface area contributed by atoms with Gasteiger partial charge in [0.1, 0.15) is 0 Å². The van der Waals surface area contributed by atoms with Crippen molar-refractivity contribution in [2.24, 2.45) is 0 Å². The highest BCUT2D eigenvalue weighted by atomic mass is 15.2. The Morgan fingerprint density at radius 2 is 0.565 bits per heavy atom. The maximum absolute atomic E-state index is 2.72. The van der Waals surface area contributed by atoms with E-state index in [1.54, 1.807) is 0 Å². The fourth-order valence-corrected chi connectivity index (χ4v) is 21.3. The van der Waals surface area contributed by atoms with Crippen LogP contribution < -0.4 is 42.6 Å². The molecule has 0 fully saturated rings. The second kappa shape index (κ2) is 23.3. The summed E-state index contributed by atoms with van der Waals surface area (Å²) in [5, 5.41) is 5.26. The number of hydrogen-bond acceptors (Lipinski definition) is 2. The van der Waals surface area contributed by atoms with Crippen molar-refractivity contribution in [2.75, 3.05) is 9.80 Å². The molecule has 2 aromatic heterocycles. The molecule has 2 aliphatic carbocycles. The van der Waals surface area contributed by atoms with Crippen molar-refractivity contribution >= 4 is 124 Å². The van der Waals surface area contributed by atoms with Gasteiger partial charge in [0.25, 0.3) is 13.4 Å². The van der Waals surface area contributed by atoms with Crippen LogP contribution in [0.2, 0.25) is 0 Å². The molecule has 0 amide bonds. The second-order valence-corrected chi connectivity index (χ2v) is 40.5. The van der Waals surface area contributed by atoms with Crippen LogP contribution in [0.1, 0.15) is 180 Å². The van der Waals surface area contributed by atoms with Crippen molar-refractivity contribution in [2.45, 2.75) is 163 Å². The Hall–Kier alpha value is -11.6. The van der Waals surface area contributed by atoms with Crippen LogP contribution in [0.25, 0.3) is 99.5 Å². The quantitative estimate of drug-likeness (QED) is 0.163. The van der Waals surface area contributed by atoms with E-state index in [0.29, 0.717) is 0 Å². The summed E-state index contributed by atoms with van der Waals surface area (Å²) in [6.07, 6.45) is 0. The summed E-state index contributed by atoms with van der Waals surface area (Å²) >= 11 is 0. The van der Waals surface area contributed by atoms with Crippen LogP contribution in [0.3, 0.4) is 0 Å². The average molecular weight is 1490 g/mol. The Balaban J connectivity index is 0.856. The number of benzene rings is 14. The van der Waals surface area contributed by atoms with Crippen LogP contribution in [0.4, 0.5) is 34.1 Å². The first kappa shape index (κ1) is 70.1. The summed E-state index contributed by atoms with van der Waals surface area (Å²) < 4.78 is 5.37. The molecule has 1 spiro atoms. The molecule has 0 radical (unpaired) electrons. The summed E-state index contributed by atoms with van der Waals surface area (Å²) in [5.74, 6) is 0. The maximum Gasteiger partial charge on any atom is 0.252 e. The second-order valence-electron chi connectivity index (χ2n) is 40.5. The third-order valence-corrected chi connectivity index (χ3v) is 27.4. The van der Waals surface area contributed by atoms with E-state index in [4.69, 9.17) is 0 Å². The Morgan fingerprint density at radius 1 is 0.235 bits per heavy atom. The third kappa shape index (κ3) is 9.81. The highest BCUT2D eigenvalue weighted by Crippen LogP contribution is 2.65. The van der Waals surface area contributed by atoms with Gasteiger partial charge in [0.05, 0.1) is 16.4 Å². The van der Waals surface area contributed by atoms with Crippen molar-refractivity contribution in [3.05, 3.63) is 323 Å².